The first-order chi connectivity index (χ1) is 37.1. The van der Waals surface area contributed by atoms with Crippen LogP contribution in [0.1, 0.15) is 0 Å². The molecule has 0 aliphatic rings. The molecule has 12 aromatic carbocycles. The highest BCUT2D eigenvalue weighted by molar-refractivity contribution is 6.10. The van der Waals surface area contributed by atoms with E-state index in [-0.39, 0.29) is 0 Å². The van der Waals surface area contributed by atoms with Gasteiger partial charge in [-0.3, -0.25) is 0 Å². The minimum Gasteiger partial charge on any atom is -0.456 e. The summed E-state index contributed by atoms with van der Waals surface area (Å²) in [5.41, 5.74) is 22.4. The zero-order chi connectivity index (χ0) is 49.7. The Morgan fingerprint density at radius 2 is 0.653 bits per heavy atom. The van der Waals surface area contributed by atoms with Crippen molar-refractivity contribution in [1.82, 2.24) is 4.57 Å². The molecule has 0 N–H and O–H groups in total. The van der Waals surface area contributed by atoms with Crippen molar-refractivity contribution >= 4 is 60.8 Å². The lowest BCUT2D eigenvalue weighted by atomic mass is 9.91. The van der Waals surface area contributed by atoms with Gasteiger partial charge >= 0.3 is 0 Å². The Hall–Kier alpha value is -9.96. The number of anilines is 3. The molecule has 0 spiro atoms. The van der Waals surface area contributed by atoms with Crippen LogP contribution in [0.25, 0.3) is 116 Å². The third kappa shape index (κ3) is 8.14. The van der Waals surface area contributed by atoms with Crippen LogP contribution in [0.5, 0.6) is 0 Å². The lowest BCUT2D eigenvalue weighted by Gasteiger charge is -2.26. The van der Waals surface area contributed by atoms with Gasteiger partial charge in [-0.2, -0.15) is 0 Å². The smallest absolute Gasteiger partial charge is 0.135 e. The van der Waals surface area contributed by atoms with Crippen LogP contribution < -0.4 is 4.90 Å². The molecule has 352 valence electrons. The van der Waals surface area contributed by atoms with Crippen LogP contribution in [-0.4, -0.2) is 4.57 Å². The topological polar surface area (TPSA) is 21.3 Å². The molecule has 3 heteroatoms. The Kier molecular flexibility index (Phi) is 10.8. The van der Waals surface area contributed by atoms with Crippen LogP contribution in [0.2, 0.25) is 0 Å². The third-order valence-corrected chi connectivity index (χ3v) is 14.8. The summed E-state index contributed by atoms with van der Waals surface area (Å²) in [5.74, 6) is 0. The fourth-order valence-corrected chi connectivity index (χ4v) is 11.1. The van der Waals surface area contributed by atoms with Gasteiger partial charge in [0.25, 0.3) is 0 Å². The molecule has 3 nitrogen and oxygen atoms in total. The van der Waals surface area contributed by atoms with Gasteiger partial charge in [-0.25, -0.2) is 0 Å². The molecule has 0 unspecified atom stereocenters. The van der Waals surface area contributed by atoms with Crippen LogP contribution in [-0.2, 0) is 0 Å². The fourth-order valence-electron chi connectivity index (χ4n) is 11.1. The minimum absolute atomic E-state index is 0.886. The van der Waals surface area contributed by atoms with Crippen LogP contribution in [0.4, 0.5) is 17.1 Å². The van der Waals surface area contributed by atoms with E-state index in [2.05, 4.69) is 289 Å². The van der Waals surface area contributed by atoms with Gasteiger partial charge in [0, 0.05) is 44.3 Å². The van der Waals surface area contributed by atoms with Crippen molar-refractivity contribution in [2.45, 2.75) is 0 Å². The van der Waals surface area contributed by atoms with Crippen LogP contribution in [0.3, 0.4) is 0 Å². The van der Waals surface area contributed by atoms with Crippen molar-refractivity contribution in [1.29, 1.82) is 0 Å². The lowest BCUT2D eigenvalue weighted by molar-refractivity contribution is 0.669. The molecule has 0 aliphatic heterocycles. The standard InChI is InChI=1S/C72H48N2O/c1-4-16-49(17-5-1)51-30-36-62(37-31-51)73(63-38-32-52(33-39-63)50-18-6-2-7-19-50)64-25-15-22-55(46-64)53-20-14-21-54(42-53)58-43-59(56-35-41-72-68(47-56)67-27-11-13-29-71(67)75-72)45-60(44-58)57-34-40-66-65-26-10-12-28-69(65)74(70(66)48-57)61-23-8-3-9-24-61/h1-48H. The van der Waals surface area contributed by atoms with E-state index in [1.54, 1.807) is 0 Å². The number of hydrogen-bond acceptors (Lipinski definition) is 2. The van der Waals surface area contributed by atoms with E-state index in [1.807, 2.05) is 12.1 Å². The lowest BCUT2D eigenvalue weighted by Crippen LogP contribution is -2.10. The molecule has 14 rings (SSSR count). The predicted molar refractivity (Wildman–Crippen MR) is 315 cm³/mol. The second-order valence-electron chi connectivity index (χ2n) is 19.3. The molecule has 2 aromatic heterocycles. The Bertz CT molecular complexity index is 4300. The molecule has 0 fully saturated rings. The Balaban J connectivity index is 0.890. The number of hydrogen-bond donors (Lipinski definition) is 0. The predicted octanol–water partition coefficient (Wildman–Crippen LogP) is 20.2. The molecule has 0 saturated heterocycles. The summed E-state index contributed by atoms with van der Waals surface area (Å²) in [5, 5.41) is 4.70. The van der Waals surface area contributed by atoms with E-state index in [9.17, 15) is 0 Å². The molecular formula is C72H48N2O. The SMILES string of the molecule is c1ccc(-c2ccc(N(c3ccc(-c4ccccc4)cc3)c3cccc(-c4cccc(-c5cc(-c6ccc7oc8ccccc8c7c6)cc(-c6ccc7c8ccccc8n(-c8ccccc8)c7c6)c5)c4)c3)cc2)cc1. The van der Waals surface area contributed by atoms with Gasteiger partial charge in [-0.05, 0) is 170 Å². The van der Waals surface area contributed by atoms with E-state index in [0.29, 0.717) is 0 Å². The summed E-state index contributed by atoms with van der Waals surface area (Å²) in [6, 6.07) is 105. The van der Waals surface area contributed by atoms with Crippen molar-refractivity contribution in [3.8, 4) is 72.4 Å². The minimum atomic E-state index is 0.886. The number of furan rings is 1. The van der Waals surface area contributed by atoms with E-state index in [0.717, 1.165) is 89.2 Å². The van der Waals surface area contributed by atoms with Gasteiger partial charge in [0.1, 0.15) is 11.2 Å². The molecule has 0 bridgehead atoms. The maximum Gasteiger partial charge on any atom is 0.135 e. The van der Waals surface area contributed by atoms with Gasteiger partial charge < -0.3 is 13.9 Å². The molecule has 0 aliphatic carbocycles. The average Bonchev–Trinajstić information content (AvgIpc) is 4.04. The maximum absolute atomic E-state index is 6.31. The van der Waals surface area contributed by atoms with Gasteiger partial charge in [0.2, 0.25) is 0 Å². The maximum atomic E-state index is 6.31. The van der Waals surface area contributed by atoms with E-state index < -0.39 is 0 Å². The van der Waals surface area contributed by atoms with Gasteiger partial charge in [-0.15, -0.1) is 0 Å². The highest BCUT2D eigenvalue weighted by Crippen LogP contribution is 2.42. The number of aromatic nitrogens is 1. The molecular weight excluding hydrogens is 909 g/mol. The van der Waals surface area contributed by atoms with Crippen LogP contribution in [0.15, 0.2) is 296 Å². The number of benzene rings is 12. The van der Waals surface area contributed by atoms with Crippen molar-refractivity contribution < 1.29 is 4.42 Å². The van der Waals surface area contributed by atoms with E-state index in [1.165, 1.54) is 44.1 Å². The van der Waals surface area contributed by atoms with E-state index in [4.69, 9.17) is 4.42 Å². The molecule has 2 heterocycles. The molecule has 14 aromatic rings. The third-order valence-electron chi connectivity index (χ3n) is 14.8. The summed E-state index contributed by atoms with van der Waals surface area (Å²) >= 11 is 0. The number of nitrogens with zero attached hydrogens (tertiary/aromatic N) is 2. The summed E-state index contributed by atoms with van der Waals surface area (Å²) in [4.78, 5) is 2.36. The largest absolute Gasteiger partial charge is 0.456 e. The zero-order valence-corrected chi connectivity index (χ0v) is 41.0. The number of rotatable bonds is 10. The zero-order valence-electron chi connectivity index (χ0n) is 41.0. The highest BCUT2D eigenvalue weighted by Gasteiger charge is 2.18. The van der Waals surface area contributed by atoms with Crippen molar-refractivity contribution in [3.63, 3.8) is 0 Å². The Labute approximate surface area is 436 Å². The first-order valence-corrected chi connectivity index (χ1v) is 25.6. The van der Waals surface area contributed by atoms with Crippen LogP contribution >= 0.6 is 0 Å². The second-order valence-corrected chi connectivity index (χ2v) is 19.3. The van der Waals surface area contributed by atoms with E-state index >= 15 is 0 Å². The second kappa shape index (κ2) is 18.6. The normalized spacial score (nSPS) is 11.5. The molecule has 75 heavy (non-hydrogen) atoms. The number of fused-ring (bicyclic) bond motifs is 6. The fraction of sp³-hybridized carbons (Fsp3) is 0. The Morgan fingerprint density at radius 1 is 0.227 bits per heavy atom. The summed E-state index contributed by atoms with van der Waals surface area (Å²) in [6.45, 7) is 0. The Morgan fingerprint density at radius 3 is 1.31 bits per heavy atom. The first kappa shape index (κ1) is 43.8. The van der Waals surface area contributed by atoms with Gasteiger partial charge in [0.15, 0.2) is 0 Å². The first-order valence-electron chi connectivity index (χ1n) is 25.6. The van der Waals surface area contributed by atoms with Crippen molar-refractivity contribution in [3.05, 3.63) is 291 Å². The van der Waals surface area contributed by atoms with Crippen molar-refractivity contribution in [2.75, 3.05) is 4.90 Å². The summed E-state index contributed by atoms with van der Waals surface area (Å²) < 4.78 is 8.71. The molecule has 0 radical (unpaired) electrons. The van der Waals surface area contributed by atoms with Gasteiger partial charge in [0.05, 0.1) is 11.0 Å². The van der Waals surface area contributed by atoms with Crippen LogP contribution in [0, 0.1) is 0 Å². The average molecular weight is 957 g/mol. The molecule has 0 amide bonds. The number of para-hydroxylation sites is 3. The van der Waals surface area contributed by atoms with Crippen molar-refractivity contribution in [2.24, 2.45) is 0 Å². The summed E-state index contributed by atoms with van der Waals surface area (Å²) in [7, 11) is 0. The quantitative estimate of drug-likeness (QED) is 0.136. The summed E-state index contributed by atoms with van der Waals surface area (Å²) in [6.07, 6.45) is 0. The molecule has 0 atom stereocenters. The molecule has 0 saturated carbocycles. The highest BCUT2D eigenvalue weighted by atomic mass is 16.3. The monoisotopic (exact) mass is 956 g/mol. The van der Waals surface area contributed by atoms with Gasteiger partial charge in [-0.1, -0.05) is 188 Å².